The van der Waals surface area contributed by atoms with E-state index in [1.165, 1.54) is 5.57 Å². The minimum atomic E-state index is -0.180. The van der Waals surface area contributed by atoms with Crippen LogP contribution in [0.15, 0.2) is 62.6 Å². The highest BCUT2D eigenvalue weighted by molar-refractivity contribution is 9.11. The van der Waals surface area contributed by atoms with E-state index in [4.69, 9.17) is 28.3 Å². The van der Waals surface area contributed by atoms with Gasteiger partial charge in [0.15, 0.2) is 0 Å². The van der Waals surface area contributed by atoms with Gasteiger partial charge in [-0.05, 0) is 77.2 Å². The van der Waals surface area contributed by atoms with Gasteiger partial charge >= 0.3 is 0 Å². The van der Waals surface area contributed by atoms with E-state index < -0.39 is 0 Å². The normalized spacial score (nSPS) is 20.4. The molecule has 5 rings (SSSR count). The molecular weight excluding hydrogens is 519 g/mol. The molecule has 0 spiro atoms. The predicted molar refractivity (Wildman–Crippen MR) is 131 cm³/mol. The molecule has 1 aliphatic carbocycles. The van der Waals surface area contributed by atoms with Crippen molar-refractivity contribution in [3.63, 3.8) is 0 Å². The van der Waals surface area contributed by atoms with E-state index in [0.29, 0.717) is 22.2 Å². The lowest BCUT2D eigenvalue weighted by atomic mass is 10.0. The average Bonchev–Trinajstić information content (AvgIpc) is 3.47. The third-order valence-electron chi connectivity index (χ3n) is 5.67. The van der Waals surface area contributed by atoms with E-state index in [0.717, 1.165) is 45.9 Å². The largest absolute Gasteiger partial charge is 0.286 e. The van der Waals surface area contributed by atoms with Gasteiger partial charge in [-0.3, -0.25) is 20.2 Å². The predicted octanol–water partition coefficient (Wildman–Crippen LogP) is 6.47. The zero-order valence-corrected chi connectivity index (χ0v) is 20.4. The molecule has 1 aromatic heterocycles. The lowest BCUT2D eigenvalue weighted by Crippen LogP contribution is -2.43. The van der Waals surface area contributed by atoms with Gasteiger partial charge in [0.2, 0.25) is 0 Å². The summed E-state index contributed by atoms with van der Waals surface area (Å²) < 4.78 is 1.03. The van der Waals surface area contributed by atoms with Crippen LogP contribution < -0.4 is 10.4 Å². The van der Waals surface area contributed by atoms with Crippen LogP contribution in [0, 0.1) is 0 Å². The monoisotopic (exact) mass is 536 g/mol. The van der Waals surface area contributed by atoms with Crippen molar-refractivity contribution in [2.24, 2.45) is 5.10 Å². The summed E-state index contributed by atoms with van der Waals surface area (Å²) in [5.74, 6) is -0.180. The lowest BCUT2D eigenvalue weighted by Gasteiger charge is -2.23. The molecular formula is C22H19BrCl2N4OS. The lowest BCUT2D eigenvalue weighted by molar-refractivity contribution is -0.118. The number of benzene rings is 1. The highest BCUT2D eigenvalue weighted by atomic mass is 79.9. The molecule has 1 N–H and O–H groups in total. The molecule has 0 saturated heterocycles. The summed E-state index contributed by atoms with van der Waals surface area (Å²) in [5.41, 5.74) is 6.80. The quantitative estimate of drug-likeness (QED) is 0.486. The van der Waals surface area contributed by atoms with E-state index in [9.17, 15) is 4.79 Å². The van der Waals surface area contributed by atoms with E-state index in [2.05, 4.69) is 39.6 Å². The Kier molecular flexibility index (Phi) is 5.86. The van der Waals surface area contributed by atoms with Crippen molar-refractivity contribution in [2.75, 3.05) is 11.6 Å². The summed E-state index contributed by atoms with van der Waals surface area (Å²) in [6.07, 6.45) is 7.89. The number of halogens is 3. The SMILES string of the molecule is O=C(NN1CCC2=C1C=CCC2)C1=NN(c2ccc(Cl)cc2Cl)C(c2ccc(Br)s2)C1. The minimum Gasteiger partial charge on any atom is -0.285 e. The first kappa shape index (κ1) is 21.1. The maximum atomic E-state index is 13.2. The van der Waals surface area contributed by atoms with Gasteiger partial charge in [0.1, 0.15) is 5.71 Å². The summed E-state index contributed by atoms with van der Waals surface area (Å²) in [6, 6.07) is 9.27. The summed E-state index contributed by atoms with van der Waals surface area (Å²) in [6.45, 7) is 0.794. The Balaban J connectivity index is 1.42. The molecule has 160 valence electrons. The van der Waals surface area contributed by atoms with Gasteiger partial charge in [-0.25, -0.2) is 0 Å². The van der Waals surface area contributed by atoms with Crippen LogP contribution >= 0.6 is 50.5 Å². The maximum Gasteiger partial charge on any atom is 0.286 e. The Morgan fingerprint density at radius 1 is 1.23 bits per heavy atom. The summed E-state index contributed by atoms with van der Waals surface area (Å²) in [4.78, 5) is 14.3. The molecule has 0 radical (unpaired) electrons. The van der Waals surface area contributed by atoms with Gasteiger partial charge < -0.3 is 0 Å². The van der Waals surface area contributed by atoms with Crippen LogP contribution in [-0.4, -0.2) is 23.2 Å². The molecule has 3 heterocycles. The third-order valence-corrected chi connectivity index (χ3v) is 7.93. The number of thiophene rings is 1. The van der Waals surface area contributed by atoms with Gasteiger partial charge in [0.05, 0.1) is 26.2 Å². The van der Waals surface area contributed by atoms with Crippen LogP contribution in [-0.2, 0) is 4.79 Å². The number of hydrogen-bond acceptors (Lipinski definition) is 5. The molecule has 5 nitrogen and oxygen atoms in total. The second-order valence-corrected chi connectivity index (χ2v) is 11.0. The number of hydrazone groups is 1. The molecule has 31 heavy (non-hydrogen) atoms. The first-order valence-electron chi connectivity index (χ1n) is 10.0. The fraction of sp³-hybridized carbons (Fsp3) is 0.273. The van der Waals surface area contributed by atoms with Crippen molar-refractivity contribution in [3.05, 3.63) is 72.5 Å². The van der Waals surface area contributed by atoms with Gasteiger partial charge in [0, 0.05) is 22.9 Å². The number of carbonyl (C=O) groups excluding carboxylic acids is 1. The number of hydrogen-bond donors (Lipinski definition) is 1. The zero-order chi connectivity index (χ0) is 21.5. The Morgan fingerprint density at radius 3 is 2.87 bits per heavy atom. The molecule has 2 aromatic rings. The maximum absolute atomic E-state index is 13.2. The second-order valence-electron chi connectivity index (χ2n) is 7.62. The Hall–Kier alpha value is -1.80. The number of hydrazine groups is 1. The van der Waals surface area contributed by atoms with Crippen LogP contribution in [0.3, 0.4) is 0 Å². The van der Waals surface area contributed by atoms with Crippen molar-refractivity contribution in [1.82, 2.24) is 10.4 Å². The van der Waals surface area contributed by atoms with Crippen LogP contribution in [0.2, 0.25) is 10.0 Å². The van der Waals surface area contributed by atoms with Crippen molar-refractivity contribution in [1.29, 1.82) is 0 Å². The van der Waals surface area contributed by atoms with Crippen LogP contribution in [0.1, 0.15) is 36.6 Å². The van der Waals surface area contributed by atoms with E-state index in [1.54, 1.807) is 23.5 Å². The van der Waals surface area contributed by atoms with Crippen molar-refractivity contribution < 1.29 is 4.79 Å². The van der Waals surface area contributed by atoms with Crippen molar-refractivity contribution in [3.8, 4) is 0 Å². The molecule has 0 bridgehead atoms. The third kappa shape index (κ3) is 4.16. The standard InChI is InChI=1S/C22H19BrCl2N4OS/c23-21-8-7-20(31-21)19-12-16(26-29(19)18-6-5-14(24)11-15(18)25)22(30)27-28-10-9-13-3-1-2-4-17(13)28/h2,4-8,11,19H,1,3,9-10,12H2,(H,27,30). The zero-order valence-electron chi connectivity index (χ0n) is 16.4. The van der Waals surface area contributed by atoms with Crippen molar-refractivity contribution in [2.45, 2.75) is 31.7 Å². The summed E-state index contributed by atoms with van der Waals surface area (Å²) >= 11 is 17.7. The van der Waals surface area contributed by atoms with Gasteiger partial charge in [-0.1, -0.05) is 29.3 Å². The fourth-order valence-corrected chi connectivity index (χ4v) is 6.17. The molecule has 1 unspecified atom stereocenters. The summed E-state index contributed by atoms with van der Waals surface area (Å²) in [7, 11) is 0. The first-order chi connectivity index (χ1) is 15.0. The molecule has 1 amide bonds. The molecule has 0 saturated carbocycles. The summed E-state index contributed by atoms with van der Waals surface area (Å²) in [5, 5.41) is 9.55. The second kappa shape index (κ2) is 8.62. The number of anilines is 1. The first-order valence-corrected chi connectivity index (χ1v) is 12.4. The van der Waals surface area contributed by atoms with Gasteiger partial charge in [0.25, 0.3) is 5.91 Å². The fourth-order valence-electron chi connectivity index (χ4n) is 4.17. The van der Waals surface area contributed by atoms with Crippen LogP contribution in [0.5, 0.6) is 0 Å². The van der Waals surface area contributed by atoms with E-state index in [-0.39, 0.29) is 11.9 Å². The number of carbonyl (C=O) groups is 1. The smallest absolute Gasteiger partial charge is 0.285 e. The number of allylic oxidation sites excluding steroid dienone is 2. The average molecular weight is 538 g/mol. The van der Waals surface area contributed by atoms with Crippen molar-refractivity contribution >= 4 is 67.8 Å². The highest BCUT2D eigenvalue weighted by Gasteiger charge is 2.35. The van der Waals surface area contributed by atoms with Crippen LogP contribution in [0.25, 0.3) is 0 Å². The molecule has 1 aromatic carbocycles. The van der Waals surface area contributed by atoms with E-state index in [1.807, 2.05) is 22.2 Å². The Bertz CT molecular complexity index is 1140. The number of nitrogens with one attached hydrogen (secondary N) is 1. The highest BCUT2D eigenvalue weighted by Crippen LogP contribution is 2.42. The van der Waals surface area contributed by atoms with E-state index >= 15 is 0 Å². The molecule has 0 fully saturated rings. The molecule has 2 aliphatic heterocycles. The molecule has 3 aliphatic rings. The van der Waals surface area contributed by atoms with Gasteiger partial charge in [-0.15, -0.1) is 11.3 Å². The Labute approximate surface area is 203 Å². The minimum absolute atomic E-state index is 0.112. The Morgan fingerprint density at radius 2 is 2.10 bits per heavy atom. The van der Waals surface area contributed by atoms with Gasteiger partial charge in [-0.2, -0.15) is 5.10 Å². The number of rotatable bonds is 4. The molecule has 1 atom stereocenters. The number of amides is 1. The van der Waals surface area contributed by atoms with Crippen LogP contribution in [0.4, 0.5) is 5.69 Å². The molecule has 9 heteroatoms. The number of nitrogens with zero attached hydrogens (tertiary/aromatic N) is 3. The topological polar surface area (TPSA) is 47.9 Å².